The van der Waals surface area contributed by atoms with Gasteiger partial charge in [0.1, 0.15) is 0 Å². The van der Waals surface area contributed by atoms with E-state index in [-0.39, 0.29) is 0 Å². The van der Waals surface area contributed by atoms with Crippen molar-refractivity contribution in [3.8, 4) is 0 Å². The van der Waals surface area contributed by atoms with Gasteiger partial charge in [-0.25, -0.2) is 16.8 Å². The Morgan fingerprint density at radius 1 is 0.622 bits per heavy atom. The molecule has 0 saturated heterocycles. The van der Waals surface area contributed by atoms with Gasteiger partial charge in [-0.3, -0.25) is 0 Å². The molecule has 0 atom stereocenters. The average molecular weight is 615 g/mol. The Labute approximate surface area is 219 Å². The first kappa shape index (κ1) is 38.9. The molecule has 0 saturated carbocycles. The number of sulfonamides is 2. The van der Waals surface area contributed by atoms with Gasteiger partial charge >= 0.3 is 38.9 Å². The molecule has 0 fully saturated rings. The second kappa shape index (κ2) is 16.1. The van der Waals surface area contributed by atoms with Crippen LogP contribution in [0.25, 0.3) is 0 Å². The lowest BCUT2D eigenvalue weighted by molar-refractivity contribution is -0.0476. The first-order chi connectivity index (χ1) is 16.7. The molecule has 0 rings (SSSR count). The van der Waals surface area contributed by atoms with Crippen molar-refractivity contribution in [2.45, 2.75) is 71.3 Å². The third-order valence-corrected chi connectivity index (χ3v) is 13.2. The zero-order valence-corrected chi connectivity index (χ0v) is 25.3. The molecule has 0 amide bonds. The molecule has 0 aliphatic carbocycles. The van der Waals surface area contributed by atoms with Crippen molar-refractivity contribution in [3.63, 3.8) is 0 Å². The minimum atomic E-state index is -6.60. The summed E-state index contributed by atoms with van der Waals surface area (Å²) in [6.07, 6.45) is 5.12. The molecule has 9 nitrogen and oxygen atoms in total. The Morgan fingerprint density at radius 2 is 0.892 bits per heavy atom. The maximum Gasteiger partial charge on any atom is 0.512 e. The van der Waals surface area contributed by atoms with Crippen LogP contribution in [0.2, 0.25) is 0 Å². The molecular weight excluding hydrogens is 571 g/mol. The summed E-state index contributed by atoms with van der Waals surface area (Å²) >= 11 is 0. The van der Waals surface area contributed by atoms with Gasteiger partial charge in [0.15, 0.2) is 0 Å². The maximum atomic E-state index is 11.5. The van der Waals surface area contributed by atoms with Crippen LogP contribution in [-0.4, -0.2) is 100 Å². The Kier molecular flexibility index (Phi) is 16.9. The van der Waals surface area contributed by atoms with E-state index < -0.39 is 43.1 Å². The van der Waals surface area contributed by atoms with E-state index in [4.69, 9.17) is 0 Å². The summed E-state index contributed by atoms with van der Waals surface area (Å²) in [7, 11) is -7.85. The summed E-state index contributed by atoms with van der Waals surface area (Å²) in [4.78, 5) is 0. The number of nitrogens with one attached hydrogen (secondary N) is 1. The molecule has 0 aliphatic heterocycles. The van der Waals surface area contributed by atoms with E-state index in [1.54, 1.807) is 0 Å². The molecule has 0 spiro atoms. The first-order valence-electron chi connectivity index (χ1n) is 11.9. The molecule has 18 heteroatoms. The van der Waals surface area contributed by atoms with Gasteiger partial charge in [-0.15, -0.1) is 18.7 Å². The SMILES string of the molecule is CCCCN(CCCC)[P+](N(C)CC)(N(C)CC)N(C)CC.O=S(=O)(NS(=O)(=O)C(F)(F)F)C(F)(F)F. The Bertz CT molecular complexity index is 783. The molecule has 0 radical (unpaired) electrons. The topological polar surface area (TPSA) is 93.3 Å². The number of nitrogens with zero attached hydrogens (tertiary/aromatic N) is 4. The van der Waals surface area contributed by atoms with Crippen molar-refractivity contribution >= 4 is 27.9 Å². The zero-order chi connectivity index (χ0) is 29.9. The molecule has 1 N–H and O–H groups in total. The number of alkyl halides is 6. The zero-order valence-electron chi connectivity index (χ0n) is 22.8. The van der Waals surface area contributed by atoms with Gasteiger partial charge in [0.25, 0.3) is 0 Å². The summed E-state index contributed by atoms with van der Waals surface area (Å²) in [5.41, 5.74) is -12.3. The van der Waals surface area contributed by atoms with Gasteiger partial charge < -0.3 is 0 Å². The average Bonchev–Trinajstić information content (AvgIpc) is 2.77. The van der Waals surface area contributed by atoms with Crippen LogP contribution in [0.5, 0.6) is 0 Å². The van der Waals surface area contributed by atoms with E-state index in [0.717, 1.165) is 19.6 Å². The second-order valence-corrected chi connectivity index (χ2v) is 15.4. The predicted molar refractivity (Wildman–Crippen MR) is 136 cm³/mol. The minimum absolute atomic E-state index is 0.493. The third-order valence-electron chi connectivity index (χ3n) is 5.50. The smallest absolute Gasteiger partial charge is 0.202 e. The maximum absolute atomic E-state index is 11.5. The summed E-state index contributed by atoms with van der Waals surface area (Å²) in [6, 6.07) is 0. The summed E-state index contributed by atoms with van der Waals surface area (Å²) in [5, 5.41) is 0. The third kappa shape index (κ3) is 10.7. The summed E-state index contributed by atoms with van der Waals surface area (Å²) in [6.45, 7) is 17.2. The van der Waals surface area contributed by atoms with Gasteiger partial charge in [-0.05, 0) is 33.6 Å². The number of rotatable bonds is 15. The fourth-order valence-electron chi connectivity index (χ4n) is 3.30. The summed E-state index contributed by atoms with van der Waals surface area (Å²) < 4.78 is 119. The van der Waals surface area contributed by atoms with Gasteiger partial charge in [0.05, 0.1) is 0 Å². The highest BCUT2D eigenvalue weighted by Gasteiger charge is 2.57. The molecule has 0 bridgehead atoms. The standard InChI is InChI=1S/C17H42N4P.C2HF6NO4S2/c1-9-14-16-21(17-15-10-2)22(18(6)11-3,19(7)12-4)20(8)13-5;3-1(4,5)14(10,11)9-15(12,13)2(6,7)8/h9-17H2,1-8H3;9H/q+1;. The largest absolute Gasteiger partial charge is 0.512 e. The van der Waals surface area contributed by atoms with E-state index in [0.29, 0.717) is 0 Å². The second-order valence-electron chi connectivity index (χ2n) is 8.10. The van der Waals surface area contributed by atoms with Crippen LogP contribution in [0.15, 0.2) is 0 Å². The van der Waals surface area contributed by atoms with Crippen LogP contribution in [0.1, 0.15) is 60.3 Å². The van der Waals surface area contributed by atoms with Crippen LogP contribution < -0.4 is 4.13 Å². The molecule has 0 aliphatic rings. The van der Waals surface area contributed by atoms with Crippen LogP contribution in [0, 0.1) is 0 Å². The highest BCUT2D eigenvalue weighted by molar-refractivity contribution is 8.05. The van der Waals surface area contributed by atoms with Crippen molar-refractivity contribution < 1.29 is 43.2 Å². The van der Waals surface area contributed by atoms with E-state index in [9.17, 15) is 43.2 Å². The molecule has 0 unspecified atom stereocenters. The number of hydrogen-bond acceptors (Lipinski definition) is 8. The Morgan fingerprint density at radius 3 is 1.08 bits per heavy atom. The monoisotopic (exact) mass is 614 g/mol. The van der Waals surface area contributed by atoms with E-state index >= 15 is 0 Å². The van der Waals surface area contributed by atoms with E-state index in [1.807, 2.05) is 0 Å². The van der Waals surface area contributed by atoms with Crippen molar-refractivity contribution in [2.24, 2.45) is 0 Å². The molecule has 0 heterocycles. The van der Waals surface area contributed by atoms with Gasteiger partial charge in [0, 0.05) is 53.9 Å². The molecule has 0 aromatic rings. The first-order valence-corrected chi connectivity index (χ1v) is 16.4. The number of hydrogen-bond donors (Lipinski definition) is 1. The van der Waals surface area contributed by atoms with Gasteiger partial charge in [0.2, 0.25) is 0 Å². The lowest BCUT2D eigenvalue weighted by atomic mass is 10.3. The Balaban J connectivity index is 0. The van der Waals surface area contributed by atoms with Gasteiger partial charge in [-0.1, -0.05) is 30.8 Å². The van der Waals surface area contributed by atoms with Crippen molar-refractivity contribution in [2.75, 3.05) is 53.9 Å². The highest BCUT2D eigenvalue weighted by Crippen LogP contribution is 2.68. The predicted octanol–water partition coefficient (Wildman–Crippen LogP) is 4.70. The Hall–Kier alpha value is -0.290. The highest BCUT2D eigenvalue weighted by atomic mass is 32.3. The molecule has 0 aromatic heterocycles. The fraction of sp³-hybridized carbons (Fsp3) is 1.00. The van der Waals surface area contributed by atoms with E-state index in [2.05, 4.69) is 74.4 Å². The van der Waals surface area contributed by atoms with Crippen LogP contribution in [-0.2, 0) is 20.0 Å². The van der Waals surface area contributed by atoms with E-state index in [1.165, 1.54) is 38.8 Å². The van der Waals surface area contributed by atoms with Crippen molar-refractivity contribution in [3.05, 3.63) is 0 Å². The number of unbranched alkanes of at least 4 members (excludes halogenated alkanes) is 2. The van der Waals surface area contributed by atoms with Crippen LogP contribution >= 0.6 is 7.87 Å². The lowest BCUT2D eigenvalue weighted by Crippen LogP contribution is -2.50. The van der Waals surface area contributed by atoms with Crippen LogP contribution in [0.3, 0.4) is 0 Å². The molecular formula is C19H43F6N5O4PS2+. The molecule has 226 valence electrons. The fourth-order valence-corrected chi connectivity index (χ4v) is 10.0. The molecule has 37 heavy (non-hydrogen) atoms. The van der Waals surface area contributed by atoms with Crippen molar-refractivity contribution in [1.82, 2.24) is 22.8 Å². The van der Waals surface area contributed by atoms with Crippen molar-refractivity contribution in [1.29, 1.82) is 0 Å². The lowest BCUT2D eigenvalue weighted by Gasteiger charge is -2.48. The quantitative estimate of drug-likeness (QED) is 0.210. The molecule has 0 aromatic carbocycles. The van der Waals surface area contributed by atoms with Gasteiger partial charge in [-0.2, -0.15) is 26.3 Å². The van der Waals surface area contributed by atoms with Crippen LogP contribution in [0.4, 0.5) is 26.3 Å². The number of halogens is 6. The normalized spacial score (nSPS) is 14.0. The minimum Gasteiger partial charge on any atom is -0.202 e. The summed E-state index contributed by atoms with van der Waals surface area (Å²) in [5.74, 6) is 0.